The van der Waals surface area contributed by atoms with Gasteiger partial charge in [-0.15, -0.1) is 0 Å². The smallest absolute Gasteiger partial charge is 0.306 e. The molecule has 0 aromatic heterocycles. The van der Waals surface area contributed by atoms with Gasteiger partial charge < -0.3 is 4.74 Å². The Hall–Kier alpha value is -1.05. The van der Waals surface area contributed by atoms with Gasteiger partial charge in [0.15, 0.2) is 0 Å². The van der Waals surface area contributed by atoms with E-state index in [0.717, 1.165) is 6.42 Å². The van der Waals surface area contributed by atoms with Crippen LogP contribution in [0.4, 0.5) is 0 Å². The number of unbranched alkanes of at least 4 members (excludes halogenated alkanes) is 1. The Labute approximate surface area is 85.6 Å². The summed E-state index contributed by atoms with van der Waals surface area (Å²) >= 11 is 0. The molecule has 1 rings (SSSR count). The Morgan fingerprint density at radius 2 is 2.29 bits per heavy atom. The van der Waals surface area contributed by atoms with Crippen LogP contribution in [0.25, 0.3) is 0 Å². The largest absolute Gasteiger partial charge is 0.462 e. The van der Waals surface area contributed by atoms with Crippen LogP contribution in [0.1, 0.15) is 33.1 Å². The fourth-order valence-corrected chi connectivity index (χ4v) is 1.47. The van der Waals surface area contributed by atoms with Crippen molar-refractivity contribution >= 4 is 5.97 Å². The first-order valence-corrected chi connectivity index (χ1v) is 5.27. The summed E-state index contributed by atoms with van der Waals surface area (Å²) in [6.07, 6.45) is 11.1. The minimum atomic E-state index is -0.0790. The molecule has 0 N–H and O–H groups in total. The number of cyclic esters (lactones) is 1. The molecule has 0 spiro atoms. The molecule has 0 radical (unpaired) electrons. The Morgan fingerprint density at radius 1 is 1.50 bits per heavy atom. The van der Waals surface area contributed by atoms with Crippen LogP contribution in [0.3, 0.4) is 0 Å². The molecule has 2 nitrogen and oxygen atoms in total. The molecule has 0 amide bonds. The Balaban J connectivity index is 2.33. The summed E-state index contributed by atoms with van der Waals surface area (Å²) in [5, 5.41) is 0. The van der Waals surface area contributed by atoms with E-state index in [1.165, 1.54) is 6.42 Å². The second-order valence-electron chi connectivity index (χ2n) is 3.66. The molecule has 14 heavy (non-hydrogen) atoms. The van der Waals surface area contributed by atoms with Gasteiger partial charge in [-0.05, 0) is 13.3 Å². The topological polar surface area (TPSA) is 26.3 Å². The van der Waals surface area contributed by atoms with Gasteiger partial charge in [0, 0.05) is 5.92 Å². The fraction of sp³-hybridized carbons (Fsp3) is 0.583. The second-order valence-corrected chi connectivity index (χ2v) is 3.66. The molecule has 1 saturated heterocycles. The van der Waals surface area contributed by atoms with Crippen LogP contribution >= 0.6 is 0 Å². The van der Waals surface area contributed by atoms with Gasteiger partial charge in [0.25, 0.3) is 0 Å². The van der Waals surface area contributed by atoms with E-state index in [9.17, 15) is 4.79 Å². The zero-order valence-electron chi connectivity index (χ0n) is 8.90. The first-order valence-electron chi connectivity index (χ1n) is 5.27. The highest BCUT2D eigenvalue weighted by molar-refractivity contribution is 5.72. The predicted octanol–water partition coefficient (Wildman–Crippen LogP) is 2.85. The summed E-state index contributed by atoms with van der Waals surface area (Å²) in [6, 6.07) is 0. The molecule has 0 aliphatic carbocycles. The standard InChI is InChI=1S/C12H18O2/c1-3-4-5-6-7-8-11-9-12(13)14-10(11)2/h5-8,10-11H,3-4,9H2,1-2H3. The monoisotopic (exact) mass is 194 g/mol. The number of allylic oxidation sites excluding steroid dienone is 3. The van der Waals surface area contributed by atoms with Crippen molar-refractivity contribution in [2.24, 2.45) is 5.92 Å². The molecule has 2 unspecified atom stereocenters. The first-order chi connectivity index (χ1) is 6.74. The van der Waals surface area contributed by atoms with E-state index in [1.807, 2.05) is 19.1 Å². The molecule has 1 fully saturated rings. The van der Waals surface area contributed by atoms with E-state index in [0.29, 0.717) is 6.42 Å². The zero-order chi connectivity index (χ0) is 10.4. The Bertz CT molecular complexity index is 241. The molecule has 0 aromatic carbocycles. The van der Waals surface area contributed by atoms with Gasteiger partial charge in [-0.25, -0.2) is 0 Å². The summed E-state index contributed by atoms with van der Waals surface area (Å²) in [7, 11) is 0. The fourth-order valence-electron chi connectivity index (χ4n) is 1.47. The summed E-state index contributed by atoms with van der Waals surface area (Å²) < 4.78 is 5.04. The van der Waals surface area contributed by atoms with Gasteiger partial charge in [-0.3, -0.25) is 4.79 Å². The number of carbonyl (C=O) groups is 1. The average Bonchev–Trinajstić information content (AvgIpc) is 2.45. The van der Waals surface area contributed by atoms with E-state index >= 15 is 0 Å². The molecule has 1 aliphatic rings. The molecule has 1 heterocycles. The highest BCUT2D eigenvalue weighted by Crippen LogP contribution is 2.22. The maximum atomic E-state index is 10.9. The number of esters is 1. The molecule has 2 heteroatoms. The first kappa shape index (κ1) is 11.0. The molecule has 0 bridgehead atoms. The minimum Gasteiger partial charge on any atom is -0.462 e. The highest BCUT2D eigenvalue weighted by atomic mass is 16.5. The lowest BCUT2D eigenvalue weighted by Gasteiger charge is -2.06. The lowest BCUT2D eigenvalue weighted by atomic mass is 10.0. The van der Waals surface area contributed by atoms with Gasteiger partial charge in [0.1, 0.15) is 6.10 Å². The number of rotatable bonds is 4. The van der Waals surface area contributed by atoms with Crippen LogP contribution in [-0.2, 0) is 9.53 Å². The van der Waals surface area contributed by atoms with Crippen LogP contribution in [0.5, 0.6) is 0 Å². The van der Waals surface area contributed by atoms with Gasteiger partial charge in [0.05, 0.1) is 6.42 Å². The molecular weight excluding hydrogens is 176 g/mol. The lowest BCUT2D eigenvalue weighted by Crippen LogP contribution is -2.07. The van der Waals surface area contributed by atoms with E-state index in [-0.39, 0.29) is 18.0 Å². The van der Waals surface area contributed by atoms with Crippen molar-refractivity contribution < 1.29 is 9.53 Å². The van der Waals surface area contributed by atoms with Gasteiger partial charge in [0.2, 0.25) is 0 Å². The maximum absolute atomic E-state index is 10.9. The third-order valence-electron chi connectivity index (χ3n) is 2.38. The van der Waals surface area contributed by atoms with Crippen molar-refractivity contribution in [3.8, 4) is 0 Å². The highest BCUT2D eigenvalue weighted by Gasteiger charge is 2.28. The van der Waals surface area contributed by atoms with Crippen LogP contribution in [-0.4, -0.2) is 12.1 Å². The quantitative estimate of drug-likeness (QED) is 0.508. The number of hydrogen-bond acceptors (Lipinski definition) is 2. The average molecular weight is 194 g/mol. The minimum absolute atomic E-state index is 0.0401. The second kappa shape index (κ2) is 5.63. The Morgan fingerprint density at radius 3 is 2.86 bits per heavy atom. The molecule has 0 aromatic rings. The number of carbonyl (C=O) groups excluding carboxylic acids is 1. The zero-order valence-corrected chi connectivity index (χ0v) is 8.90. The molecule has 2 atom stereocenters. The van der Waals surface area contributed by atoms with Crippen molar-refractivity contribution in [1.82, 2.24) is 0 Å². The van der Waals surface area contributed by atoms with Crippen molar-refractivity contribution in [3.63, 3.8) is 0 Å². The van der Waals surface area contributed by atoms with E-state index in [1.54, 1.807) is 0 Å². The van der Waals surface area contributed by atoms with Gasteiger partial charge in [-0.2, -0.15) is 0 Å². The van der Waals surface area contributed by atoms with Crippen LogP contribution < -0.4 is 0 Å². The SMILES string of the molecule is CCCC=CC=CC1CC(=O)OC1C. The summed E-state index contributed by atoms with van der Waals surface area (Å²) in [4.78, 5) is 10.9. The molecular formula is C12H18O2. The Kier molecular flexibility index (Phi) is 4.44. The van der Waals surface area contributed by atoms with Crippen molar-refractivity contribution in [1.29, 1.82) is 0 Å². The number of hydrogen-bond donors (Lipinski definition) is 0. The molecule has 0 saturated carbocycles. The summed E-state index contributed by atoms with van der Waals surface area (Å²) in [5.41, 5.74) is 0. The van der Waals surface area contributed by atoms with Crippen molar-refractivity contribution in [2.75, 3.05) is 0 Å². The van der Waals surface area contributed by atoms with E-state index in [2.05, 4.69) is 19.1 Å². The molecule has 78 valence electrons. The van der Waals surface area contributed by atoms with Crippen LogP contribution in [0, 0.1) is 5.92 Å². The molecule has 1 aliphatic heterocycles. The van der Waals surface area contributed by atoms with Crippen LogP contribution in [0.15, 0.2) is 24.3 Å². The number of ether oxygens (including phenoxy) is 1. The van der Waals surface area contributed by atoms with Crippen molar-refractivity contribution in [2.45, 2.75) is 39.2 Å². The van der Waals surface area contributed by atoms with Gasteiger partial charge >= 0.3 is 5.97 Å². The van der Waals surface area contributed by atoms with Crippen LogP contribution in [0.2, 0.25) is 0 Å². The predicted molar refractivity (Wildman–Crippen MR) is 56.8 cm³/mol. The lowest BCUT2D eigenvalue weighted by molar-refractivity contribution is -0.140. The maximum Gasteiger partial charge on any atom is 0.306 e. The van der Waals surface area contributed by atoms with Gasteiger partial charge in [-0.1, -0.05) is 37.6 Å². The third-order valence-corrected chi connectivity index (χ3v) is 2.38. The summed E-state index contributed by atoms with van der Waals surface area (Å²) in [5.74, 6) is 0.179. The van der Waals surface area contributed by atoms with E-state index in [4.69, 9.17) is 4.74 Å². The van der Waals surface area contributed by atoms with E-state index < -0.39 is 0 Å². The van der Waals surface area contributed by atoms with Crippen molar-refractivity contribution in [3.05, 3.63) is 24.3 Å². The summed E-state index contributed by atoms with van der Waals surface area (Å²) in [6.45, 7) is 4.09. The normalized spacial score (nSPS) is 27.7. The third kappa shape index (κ3) is 3.36.